The molecule has 4 heteroatoms. The molecule has 20 heavy (non-hydrogen) atoms. The molecule has 0 radical (unpaired) electrons. The summed E-state index contributed by atoms with van der Waals surface area (Å²) >= 11 is 0. The number of piperidine rings is 1. The fraction of sp³-hybridized carbons (Fsp3) is 0.500. The van der Waals surface area contributed by atoms with Crippen molar-refractivity contribution in [1.82, 2.24) is 9.80 Å². The van der Waals surface area contributed by atoms with E-state index in [0.717, 1.165) is 5.56 Å². The summed E-state index contributed by atoms with van der Waals surface area (Å²) in [7, 11) is 5.33. The van der Waals surface area contributed by atoms with E-state index in [1.165, 1.54) is 5.56 Å². The minimum atomic E-state index is -0.160. The van der Waals surface area contributed by atoms with Crippen molar-refractivity contribution in [1.29, 1.82) is 0 Å². The summed E-state index contributed by atoms with van der Waals surface area (Å²) in [6.45, 7) is 2.03. The molecule has 1 heterocycles. The van der Waals surface area contributed by atoms with Gasteiger partial charge in [0.25, 0.3) is 0 Å². The zero-order valence-electron chi connectivity index (χ0n) is 12.6. The third-order valence-corrected chi connectivity index (χ3v) is 4.04. The van der Waals surface area contributed by atoms with Crippen molar-refractivity contribution in [2.45, 2.75) is 25.8 Å². The van der Waals surface area contributed by atoms with Gasteiger partial charge in [-0.3, -0.25) is 9.59 Å². The Kier molecular flexibility index (Phi) is 4.12. The molecule has 0 aromatic heterocycles. The minimum absolute atomic E-state index is 0.0925. The number of hydrogen-bond acceptors (Lipinski definition) is 2. The third-order valence-electron chi connectivity index (χ3n) is 4.04. The van der Waals surface area contributed by atoms with E-state index < -0.39 is 0 Å². The van der Waals surface area contributed by atoms with E-state index >= 15 is 0 Å². The quantitative estimate of drug-likeness (QED) is 0.827. The highest BCUT2D eigenvalue weighted by Gasteiger charge is 2.39. The molecule has 2 atom stereocenters. The first-order valence-corrected chi connectivity index (χ1v) is 6.95. The molecule has 1 aromatic carbocycles. The van der Waals surface area contributed by atoms with E-state index in [9.17, 15) is 9.59 Å². The topological polar surface area (TPSA) is 40.6 Å². The Morgan fingerprint density at radius 2 is 1.85 bits per heavy atom. The van der Waals surface area contributed by atoms with Crippen molar-refractivity contribution >= 4 is 11.8 Å². The Balaban J connectivity index is 2.37. The summed E-state index contributed by atoms with van der Waals surface area (Å²) in [4.78, 5) is 27.7. The normalized spacial score (nSPS) is 22.8. The third kappa shape index (κ3) is 2.69. The molecule has 1 aliphatic rings. The number of likely N-dealkylation sites (tertiary alicyclic amines) is 1. The lowest BCUT2D eigenvalue weighted by atomic mass is 9.83. The van der Waals surface area contributed by atoms with E-state index in [-0.39, 0.29) is 23.8 Å². The molecule has 1 fully saturated rings. The first-order chi connectivity index (χ1) is 9.41. The molecule has 0 spiro atoms. The van der Waals surface area contributed by atoms with E-state index in [0.29, 0.717) is 12.8 Å². The molecule has 0 aliphatic carbocycles. The second-order valence-corrected chi connectivity index (χ2v) is 5.74. The van der Waals surface area contributed by atoms with Crippen LogP contribution in [0, 0.1) is 12.8 Å². The van der Waals surface area contributed by atoms with Gasteiger partial charge in [-0.05, 0) is 18.9 Å². The van der Waals surface area contributed by atoms with Gasteiger partial charge in [0.1, 0.15) is 0 Å². The molecule has 1 aromatic rings. The zero-order valence-corrected chi connectivity index (χ0v) is 12.6. The van der Waals surface area contributed by atoms with Crippen LogP contribution in [0.4, 0.5) is 0 Å². The summed E-state index contributed by atoms with van der Waals surface area (Å²) in [6.07, 6.45) is 1.07. The molecule has 2 amide bonds. The predicted octanol–water partition coefficient (Wildman–Crippen LogP) is 1.99. The highest BCUT2D eigenvalue weighted by molar-refractivity contribution is 5.84. The van der Waals surface area contributed by atoms with Gasteiger partial charge < -0.3 is 9.80 Å². The molecule has 0 N–H and O–H groups in total. The largest absolute Gasteiger partial charge is 0.349 e. The second-order valence-electron chi connectivity index (χ2n) is 5.74. The molecule has 0 saturated carbocycles. The fourth-order valence-corrected chi connectivity index (χ4v) is 2.85. The van der Waals surface area contributed by atoms with Crippen LogP contribution in [-0.2, 0) is 9.59 Å². The molecule has 0 unspecified atom stereocenters. The number of rotatable bonds is 2. The summed E-state index contributed by atoms with van der Waals surface area (Å²) in [5, 5.41) is 0. The standard InChI is InChI=1S/C16H22N2O2/c1-11-5-7-12(8-6-11)15-13(16(20)17(2)3)9-10-14(19)18(15)4/h5-8,13,15H,9-10H2,1-4H3/t13-,15-/m1/s1. The molecular formula is C16H22N2O2. The summed E-state index contributed by atoms with van der Waals surface area (Å²) < 4.78 is 0. The molecule has 1 aliphatic heterocycles. The minimum Gasteiger partial charge on any atom is -0.349 e. The van der Waals surface area contributed by atoms with Crippen LogP contribution < -0.4 is 0 Å². The van der Waals surface area contributed by atoms with Crippen molar-refractivity contribution in [3.63, 3.8) is 0 Å². The van der Waals surface area contributed by atoms with Crippen LogP contribution in [0.15, 0.2) is 24.3 Å². The van der Waals surface area contributed by atoms with Gasteiger partial charge in [0.2, 0.25) is 11.8 Å². The average molecular weight is 274 g/mol. The van der Waals surface area contributed by atoms with E-state index in [1.54, 1.807) is 30.9 Å². The van der Waals surface area contributed by atoms with Gasteiger partial charge in [-0.2, -0.15) is 0 Å². The Morgan fingerprint density at radius 3 is 2.40 bits per heavy atom. The lowest BCUT2D eigenvalue weighted by Gasteiger charge is -2.39. The molecule has 108 valence electrons. The first kappa shape index (κ1) is 14.6. The lowest BCUT2D eigenvalue weighted by molar-refractivity contribution is -0.145. The molecular weight excluding hydrogens is 252 g/mol. The fourth-order valence-electron chi connectivity index (χ4n) is 2.85. The average Bonchev–Trinajstić information content (AvgIpc) is 2.42. The number of amides is 2. The molecule has 2 rings (SSSR count). The van der Waals surface area contributed by atoms with E-state index in [2.05, 4.69) is 0 Å². The highest BCUT2D eigenvalue weighted by Crippen LogP contribution is 2.36. The maximum atomic E-state index is 12.4. The van der Waals surface area contributed by atoms with Gasteiger partial charge in [-0.25, -0.2) is 0 Å². The zero-order chi connectivity index (χ0) is 14.9. The van der Waals surface area contributed by atoms with Gasteiger partial charge in [0.15, 0.2) is 0 Å². The van der Waals surface area contributed by atoms with Crippen LogP contribution in [0.3, 0.4) is 0 Å². The number of hydrogen-bond donors (Lipinski definition) is 0. The van der Waals surface area contributed by atoms with Gasteiger partial charge >= 0.3 is 0 Å². The van der Waals surface area contributed by atoms with Crippen LogP contribution in [-0.4, -0.2) is 42.8 Å². The van der Waals surface area contributed by atoms with Crippen molar-refractivity contribution in [2.24, 2.45) is 5.92 Å². The van der Waals surface area contributed by atoms with Gasteiger partial charge in [0, 0.05) is 27.6 Å². The SMILES string of the molecule is Cc1ccc([C@@H]2[C@H](C(=O)N(C)C)CCC(=O)N2C)cc1. The number of carbonyl (C=O) groups excluding carboxylic acids is 2. The number of nitrogens with zero attached hydrogens (tertiary/aromatic N) is 2. The van der Waals surface area contributed by atoms with Gasteiger partial charge in [-0.15, -0.1) is 0 Å². The van der Waals surface area contributed by atoms with Crippen LogP contribution in [0.2, 0.25) is 0 Å². The lowest BCUT2D eigenvalue weighted by Crippen LogP contribution is -2.46. The Labute approximate surface area is 120 Å². The summed E-state index contributed by atoms with van der Waals surface area (Å²) in [5.74, 6) is 0.0451. The predicted molar refractivity (Wildman–Crippen MR) is 78.1 cm³/mol. The van der Waals surface area contributed by atoms with E-state index in [4.69, 9.17) is 0 Å². The first-order valence-electron chi connectivity index (χ1n) is 6.95. The van der Waals surface area contributed by atoms with Crippen molar-refractivity contribution in [3.8, 4) is 0 Å². The Morgan fingerprint density at radius 1 is 1.25 bits per heavy atom. The van der Waals surface area contributed by atoms with Crippen LogP contribution in [0.25, 0.3) is 0 Å². The van der Waals surface area contributed by atoms with Crippen LogP contribution in [0.5, 0.6) is 0 Å². The molecule has 0 bridgehead atoms. The monoisotopic (exact) mass is 274 g/mol. The molecule has 4 nitrogen and oxygen atoms in total. The van der Waals surface area contributed by atoms with Crippen LogP contribution in [0.1, 0.15) is 30.0 Å². The van der Waals surface area contributed by atoms with Gasteiger partial charge in [-0.1, -0.05) is 29.8 Å². The molecule has 1 saturated heterocycles. The maximum Gasteiger partial charge on any atom is 0.227 e. The van der Waals surface area contributed by atoms with Gasteiger partial charge in [0.05, 0.1) is 12.0 Å². The maximum absolute atomic E-state index is 12.4. The summed E-state index contributed by atoms with van der Waals surface area (Å²) in [5.41, 5.74) is 2.21. The van der Waals surface area contributed by atoms with E-state index in [1.807, 2.05) is 31.2 Å². The van der Waals surface area contributed by atoms with Crippen molar-refractivity contribution in [3.05, 3.63) is 35.4 Å². The summed E-state index contributed by atoms with van der Waals surface area (Å²) in [6, 6.07) is 7.93. The number of aryl methyl sites for hydroxylation is 1. The number of benzene rings is 1. The Hall–Kier alpha value is -1.84. The van der Waals surface area contributed by atoms with Crippen molar-refractivity contribution < 1.29 is 9.59 Å². The van der Waals surface area contributed by atoms with Crippen LogP contribution >= 0.6 is 0 Å². The Bertz CT molecular complexity index is 508. The number of carbonyl (C=O) groups is 2. The van der Waals surface area contributed by atoms with Crippen molar-refractivity contribution in [2.75, 3.05) is 21.1 Å². The smallest absolute Gasteiger partial charge is 0.227 e. The highest BCUT2D eigenvalue weighted by atomic mass is 16.2. The second kappa shape index (κ2) is 5.65.